The lowest BCUT2D eigenvalue weighted by Gasteiger charge is -2.13. The van der Waals surface area contributed by atoms with Crippen molar-refractivity contribution in [1.29, 1.82) is 0 Å². The zero-order valence-corrected chi connectivity index (χ0v) is 14.6. The molecule has 0 saturated carbocycles. The van der Waals surface area contributed by atoms with Crippen molar-refractivity contribution < 1.29 is 0 Å². The van der Waals surface area contributed by atoms with Crippen LogP contribution in [0.15, 0.2) is 35.3 Å². The molecule has 0 fully saturated rings. The van der Waals surface area contributed by atoms with Gasteiger partial charge in [-0.1, -0.05) is 0 Å². The third-order valence-electron chi connectivity index (χ3n) is 3.87. The summed E-state index contributed by atoms with van der Waals surface area (Å²) in [5.74, 6) is 1.09. The lowest BCUT2D eigenvalue weighted by Crippen LogP contribution is -2.29. The maximum absolute atomic E-state index is 4.51. The summed E-state index contributed by atoms with van der Waals surface area (Å²) in [4.78, 5) is 8.89. The molecule has 0 aliphatic heterocycles. The summed E-state index contributed by atoms with van der Waals surface area (Å²) in [7, 11) is 2.03. The Kier molecular flexibility index (Phi) is 4.31. The van der Waals surface area contributed by atoms with Crippen molar-refractivity contribution in [3.63, 3.8) is 0 Å². The predicted molar refractivity (Wildman–Crippen MR) is 90.8 cm³/mol. The van der Waals surface area contributed by atoms with Gasteiger partial charge < -0.3 is 14.3 Å². The second kappa shape index (κ2) is 6.22. The molecule has 0 saturated heterocycles. The quantitative estimate of drug-likeness (QED) is 0.759. The zero-order chi connectivity index (χ0) is 15.7. The molecule has 1 unspecified atom stereocenters. The van der Waals surface area contributed by atoms with E-state index >= 15 is 0 Å². The van der Waals surface area contributed by atoms with Gasteiger partial charge in [-0.15, -0.1) is 0 Å². The maximum atomic E-state index is 4.51. The van der Waals surface area contributed by atoms with Crippen molar-refractivity contribution >= 4 is 21.6 Å². The molecule has 0 bridgehead atoms. The molecule has 0 aromatic carbocycles. The third kappa shape index (κ3) is 3.08. The van der Waals surface area contributed by atoms with E-state index in [2.05, 4.69) is 66.3 Å². The number of fused-ring (bicyclic) bond motifs is 1. The molecule has 0 spiro atoms. The van der Waals surface area contributed by atoms with Gasteiger partial charge in [-0.3, -0.25) is 0 Å². The molecular formula is C16H20BrN5. The summed E-state index contributed by atoms with van der Waals surface area (Å²) in [5, 5.41) is 3.55. The van der Waals surface area contributed by atoms with Crippen LogP contribution in [-0.4, -0.2) is 25.0 Å². The van der Waals surface area contributed by atoms with Crippen molar-refractivity contribution in [2.45, 2.75) is 32.9 Å². The molecule has 3 rings (SSSR count). The number of nitrogens with zero attached hydrogens (tertiary/aromatic N) is 4. The minimum absolute atomic E-state index is 0.347. The molecule has 3 heterocycles. The van der Waals surface area contributed by atoms with Crippen LogP contribution < -0.4 is 5.32 Å². The zero-order valence-electron chi connectivity index (χ0n) is 13.0. The highest BCUT2D eigenvalue weighted by molar-refractivity contribution is 9.10. The van der Waals surface area contributed by atoms with Crippen molar-refractivity contribution in [3.8, 4) is 0 Å². The van der Waals surface area contributed by atoms with Crippen molar-refractivity contribution in [3.05, 3.63) is 52.4 Å². The molecule has 3 aromatic rings. The number of halogens is 1. The van der Waals surface area contributed by atoms with Crippen LogP contribution in [0.25, 0.3) is 5.65 Å². The lowest BCUT2D eigenvalue weighted by molar-refractivity contribution is 0.521. The number of hydrogen-bond donors (Lipinski definition) is 1. The van der Waals surface area contributed by atoms with Crippen molar-refractivity contribution in [1.82, 2.24) is 24.3 Å². The number of imidazole rings is 2. The Morgan fingerprint density at radius 1 is 1.36 bits per heavy atom. The van der Waals surface area contributed by atoms with Gasteiger partial charge in [-0.05, 0) is 41.4 Å². The van der Waals surface area contributed by atoms with Gasteiger partial charge in [0.1, 0.15) is 11.5 Å². The number of hydrogen-bond acceptors (Lipinski definition) is 3. The molecule has 116 valence electrons. The summed E-state index contributed by atoms with van der Waals surface area (Å²) >= 11 is 3.55. The first kappa shape index (κ1) is 15.2. The summed E-state index contributed by atoms with van der Waals surface area (Å²) in [5.41, 5.74) is 3.34. The molecule has 0 radical (unpaired) electrons. The van der Waals surface area contributed by atoms with Crippen LogP contribution in [0.3, 0.4) is 0 Å². The molecule has 0 amide bonds. The van der Waals surface area contributed by atoms with Gasteiger partial charge in [0.2, 0.25) is 0 Å². The van der Waals surface area contributed by atoms with Crippen LogP contribution in [0, 0.1) is 6.92 Å². The molecule has 1 atom stereocenters. The highest BCUT2D eigenvalue weighted by atomic mass is 79.9. The Hall–Kier alpha value is -1.66. The Labute approximate surface area is 138 Å². The Morgan fingerprint density at radius 2 is 2.18 bits per heavy atom. The highest BCUT2D eigenvalue weighted by Gasteiger charge is 2.10. The van der Waals surface area contributed by atoms with E-state index in [0.29, 0.717) is 6.04 Å². The maximum Gasteiger partial charge on any atom is 0.139 e. The fraction of sp³-hybridized carbons (Fsp3) is 0.375. The third-order valence-corrected chi connectivity index (χ3v) is 4.31. The van der Waals surface area contributed by atoms with Crippen LogP contribution in [0.5, 0.6) is 0 Å². The standard InChI is InChI=1S/C16H20BrN5/c1-11-6-13(17)10-22-14(9-20-16(11)22)8-19-12(2)7-15-18-4-5-21(15)3/h4-6,9-10,12,19H,7-8H2,1-3H3. The lowest BCUT2D eigenvalue weighted by atomic mass is 10.2. The SMILES string of the molecule is Cc1cc(Br)cn2c(CNC(C)Cc3nccn3C)cnc12. The van der Waals surface area contributed by atoms with Gasteiger partial charge in [0, 0.05) is 49.1 Å². The summed E-state index contributed by atoms with van der Waals surface area (Å²) in [6.07, 6.45) is 8.73. The van der Waals surface area contributed by atoms with Crippen LogP contribution in [-0.2, 0) is 20.0 Å². The first-order chi connectivity index (χ1) is 10.5. The van der Waals surface area contributed by atoms with E-state index in [-0.39, 0.29) is 0 Å². The average molecular weight is 362 g/mol. The normalized spacial score (nSPS) is 12.9. The topological polar surface area (TPSA) is 47.1 Å². The van der Waals surface area contributed by atoms with Gasteiger partial charge in [-0.25, -0.2) is 9.97 Å². The minimum atomic E-state index is 0.347. The first-order valence-corrected chi connectivity index (χ1v) is 8.15. The largest absolute Gasteiger partial charge is 0.338 e. The molecule has 1 N–H and O–H groups in total. The van der Waals surface area contributed by atoms with E-state index in [9.17, 15) is 0 Å². The molecule has 0 aliphatic rings. The smallest absolute Gasteiger partial charge is 0.139 e. The second-order valence-corrected chi connectivity index (χ2v) is 6.64. The molecular weight excluding hydrogens is 342 g/mol. The average Bonchev–Trinajstić information content (AvgIpc) is 3.04. The van der Waals surface area contributed by atoms with Crippen LogP contribution in [0.2, 0.25) is 0 Å². The monoisotopic (exact) mass is 361 g/mol. The van der Waals surface area contributed by atoms with Crippen LogP contribution >= 0.6 is 15.9 Å². The number of aromatic nitrogens is 4. The van der Waals surface area contributed by atoms with E-state index in [0.717, 1.165) is 34.6 Å². The van der Waals surface area contributed by atoms with E-state index in [1.54, 1.807) is 0 Å². The first-order valence-electron chi connectivity index (χ1n) is 7.36. The number of pyridine rings is 1. The molecule has 22 heavy (non-hydrogen) atoms. The second-order valence-electron chi connectivity index (χ2n) is 5.72. The minimum Gasteiger partial charge on any atom is -0.338 e. The summed E-state index contributed by atoms with van der Waals surface area (Å²) < 4.78 is 5.27. The van der Waals surface area contributed by atoms with E-state index in [4.69, 9.17) is 0 Å². The van der Waals surface area contributed by atoms with Gasteiger partial charge in [0.25, 0.3) is 0 Å². The van der Waals surface area contributed by atoms with Crippen LogP contribution in [0.4, 0.5) is 0 Å². The fourth-order valence-electron chi connectivity index (χ4n) is 2.61. The van der Waals surface area contributed by atoms with Gasteiger partial charge in [0.05, 0.1) is 11.9 Å². The fourth-order valence-corrected chi connectivity index (χ4v) is 3.16. The van der Waals surface area contributed by atoms with E-state index in [1.807, 2.05) is 25.6 Å². The van der Waals surface area contributed by atoms with E-state index < -0.39 is 0 Å². The van der Waals surface area contributed by atoms with Gasteiger partial charge in [-0.2, -0.15) is 0 Å². The van der Waals surface area contributed by atoms with Gasteiger partial charge >= 0.3 is 0 Å². The Bertz CT molecular complexity index is 789. The summed E-state index contributed by atoms with van der Waals surface area (Å²) in [6.45, 7) is 5.04. The molecule has 0 aliphatic carbocycles. The molecule has 6 heteroatoms. The Balaban J connectivity index is 1.70. The van der Waals surface area contributed by atoms with Crippen molar-refractivity contribution in [2.24, 2.45) is 7.05 Å². The van der Waals surface area contributed by atoms with Crippen LogP contribution in [0.1, 0.15) is 24.0 Å². The van der Waals surface area contributed by atoms with Gasteiger partial charge in [0.15, 0.2) is 0 Å². The number of rotatable bonds is 5. The number of nitrogens with one attached hydrogen (secondary N) is 1. The molecule has 5 nitrogen and oxygen atoms in total. The predicted octanol–water partition coefficient (Wildman–Crippen LogP) is 2.86. The molecule has 3 aromatic heterocycles. The summed E-state index contributed by atoms with van der Waals surface area (Å²) in [6, 6.07) is 2.43. The van der Waals surface area contributed by atoms with Crippen molar-refractivity contribution in [2.75, 3.05) is 0 Å². The highest BCUT2D eigenvalue weighted by Crippen LogP contribution is 2.18. The Morgan fingerprint density at radius 3 is 2.91 bits per heavy atom. The number of aryl methyl sites for hydroxylation is 2. The van der Waals surface area contributed by atoms with E-state index in [1.165, 1.54) is 5.56 Å².